The fourth-order valence-corrected chi connectivity index (χ4v) is 1.94. The summed E-state index contributed by atoms with van der Waals surface area (Å²) < 4.78 is 18.1. The van der Waals surface area contributed by atoms with E-state index in [4.69, 9.17) is 16.3 Å². The first kappa shape index (κ1) is 12.7. The SMILES string of the molecule is COc1cc(NC(=O)c2nnc(Cl)s2)ccc1F. The van der Waals surface area contributed by atoms with Crippen molar-refractivity contribution in [1.82, 2.24) is 10.2 Å². The highest BCUT2D eigenvalue weighted by Crippen LogP contribution is 2.22. The number of ether oxygens (including phenoxy) is 1. The minimum atomic E-state index is -0.505. The average Bonchev–Trinajstić information content (AvgIpc) is 2.78. The largest absolute Gasteiger partial charge is 0.494 e. The zero-order chi connectivity index (χ0) is 13.1. The van der Waals surface area contributed by atoms with Crippen LogP contribution in [0.25, 0.3) is 0 Å². The fraction of sp³-hybridized carbons (Fsp3) is 0.100. The molecule has 1 heterocycles. The number of amides is 1. The second kappa shape index (κ2) is 5.28. The van der Waals surface area contributed by atoms with E-state index in [0.717, 1.165) is 11.3 Å². The number of hydrogen-bond donors (Lipinski definition) is 1. The Labute approximate surface area is 111 Å². The lowest BCUT2D eigenvalue weighted by Crippen LogP contribution is -2.11. The Bertz CT molecular complexity index is 590. The molecule has 0 saturated carbocycles. The molecule has 0 aliphatic rings. The Morgan fingerprint density at radius 1 is 1.50 bits per heavy atom. The highest BCUT2D eigenvalue weighted by molar-refractivity contribution is 7.17. The van der Waals surface area contributed by atoms with Gasteiger partial charge in [-0.3, -0.25) is 4.79 Å². The van der Waals surface area contributed by atoms with Crippen molar-refractivity contribution in [2.45, 2.75) is 0 Å². The van der Waals surface area contributed by atoms with Gasteiger partial charge in [-0.15, -0.1) is 10.2 Å². The van der Waals surface area contributed by atoms with Crippen molar-refractivity contribution in [3.05, 3.63) is 33.5 Å². The van der Waals surface area contributed by atoms with Gasteiger partial charge in [0.1, 0.15) is 0 Å². The molecule has 18 heavy (non-hydrogen) atoms. The highest BCUT2D eigenvalue weighted by atomic mass is 35.5. The highest BCUT2D eigenvalue weighted by Gasteiger charge is 2.13. The number of halogens is 2. The van der Waals surface area contributed by atoms with Crippen LogP contribution < -0.4 is 10.1 Å². The van der Waals surface area contributed by atoms with Crippen molar-refractivity contribution in [3.8, 4) is 5.75 Å². The quantitative estimate of drug-likeness (QED) is 0.942. The summed E-state index contributed by atoms with van der Waals surface area (Å²) in [6.07, 6.45) is 0. The van der Waals surface area contributed by atoms with Crippen LogP contribution in [0.3, 0.4) is 0 Å². The van der Waals surface area contributed by atoms with Crippen molar-refractivity contribution in [2.75, 3.05) is 12.4 Å². The number of methoxy groups -OCH3 is 1. The first-order valence-electron chi connectivity index (χ1n) is 4.74. The van der Waals surface area contributed by atoms with Crippen LogP contribution in [-0.4, -0.2) is 23.2 Å². The number of nitrogens with one attached hydrogen (secondary N) is 1. The van der Waals surface area contributed by atoms with Crippen molar-refractivity contribution in [3.63, 3.8) is 0 Å². The molecular weight excluding hydrogens is 281 g/mol. The van der Waals surface area contributed by atoms with Gasteiger partial charge in [-0.2, -0.15) is 0 Å². The zero-order valence-corrected chi connectivity index (χ0v) is 10.7. The number of benzene rings is 1. The first-order chi connectivity index (χ1) is 8.60. The van der Waals surface area contributed by atoms with Crippen LogP contribution in [0.4, 0.5) is 10.1 Å². The summed E-state index contributed by atoms with van der Waals surface area (Å²) in [5, 5.41) is 9.77. The summed E-state index contributed by atoms with van der Waals surface area (Å²) in [5.74, 6) is -0.925. The number of anilines is 1. The molecule has 0 aliphatic carbocycles. The number of hydrogen-bond acceptors (Lipinski definition) is 5. The predicted octanol–water partition coefficient (Wildman–Crippen LogP) is 2.59. The molecule has 5 nitrogen and oxygen atoms in total. The molecule has 0 aliphatic heterocycles. The first-order valence-corrected chi connectivity index (χ1v) is 5.93. The number of aromatic nitrogens is 2. The third kappa shape index (κ3) is 2.74. The number of rotatable bonds is 3. The van der Waals surface area contributed by atoms with Crippen molar-refractivity contribution >= 4 is 34.5 Å². The van der Waals surface area contributed by atoms with E-state index in [2.05, 4.69) is 15.5 Å². The van der Waals surface area contributed by atoms with Gasteiger partial charge in [0.05, 0.1) is 7.11 Å². The van der Waals surface area contributed by atoms with Gasteiger partial charge in [0.25, 0.3) is 5.91 Å². The maximum absolute atomic E-state index is 13.2. The monoisotopic (exact) mass is 287 g/mol. The molecule has 1 amide bonds. The van der Waals surface area contributed by atoms with E-state index in [-0.39, 0.29) is 15.2 Å². The van der Waals surface area contributed by atoms with E-state index < -0.39 is 11.7 Å². The van der Waals surface area contributed by atoms with Gasteiger partial charge in [0.15, 0.2) is 11.6 Å². The lowest BCUT2D eigenvalue weighted by Gasteiger charge is -2.06. The standard InChI is InChI=1S/C10H7ClFN3O2S/c1-17-7-4-5(2-3-6(7)12)13-8(16)9-14-15-10(11)18-9/h2-4H,1H3,(H,13,16). The van der Waals surface area contributed by atoms with Gasteiger partial charge in [0, 0.05) is 11.8 Å². The smallest absolute Gasteiger partial charge is 0.286 e. The maximum Gasteiger partial charge on any atom is 0.286 e. The molecule has 1 N–H and O–H groups in total. The van der Waals surface area contributed by atoms with E-state index in [1.807, 2.05) is 0 Å². The molecule has 0 bridgehead atoms. The van der Waals surface area contributed by atoms with Crippen molar-refractivity contribution in [2.24, 2.45) is 0 Å². The molecule has 0 atom stereocenters. The van der Waals surface area contributed by atoms with Gasteiger partial charge >= 0.3 is 0 Å². The van der Waals surface area contributed by atoms with Crippen LogP contribution in [0.1, 0.15) is 9.80 Å². The minimum Gasteiger partial charge on any atom is -0.494 e. The van der Waals surface area contributed by atoms with Crippen LogP contribution in [0, 0.1) is 5.82 Å². The summed E-state index contributed by atoms with van der Waals surface area (Å²) in [4.78, 5) is 11.7. The van der Waals surface area contributed by atoms with Crippen LogP contribution in [0.15, 0.2) is 18.2 Å². The third-order valence-electron chi connectivity index (χ3n) is 2.00. The van der Waals surface area contributed by atoms with E-state index in [9.17, 15) is 9.18 Å². The van der Waals surface area contributed by atoms with Gasteiger partial charge < -0.3 is 10.1 Å². The lowest BCUT2D eigenvalue weighted by molar-refractivity contribution is 0.102. The fourth-order valence-electron chi connectivity index (χ4n) is 1.22. The average molecular weight is 288 g/mol. The molecular formula is C10H7ClFN3O2S. The molecule has 94 valence electrons. The van der Waals surface area contributed by atoms with Gasteiger partial charge in [-0.05, 0) is 23.7 Å². The van der Waals surface area contributed by atoms with Gasteiger partial charge in [-0.1, -0.05) is 11.3 Å². The second-order valence-corrected chi connectivity index (χ2v) is 4.72. The Morgan fingerprint density at radius 2 is 2.28 bits per heavy atom. The Kier molecular flexibility index (Phi) is 3.73. The van der Waals surface area contributed by atoms with Gasteiger partial charge in [-0.25, -0.2) is 4.39 Å². The van der Waals surface area contributed by atoms with Crippen molar-refractivity contribution in [1.29, 1.82) is 0 Å². The molecule has 2 rings (SSSR count). The molecule has 0 radical (unpaired) electrons. The van der Waals surface area contributed by atoms with E-state index in [1.54, 1.807) is 0 Å². The zero-order valence-electron chi connectivity index (χ0n) is 9.11. The number of nitrogens with zero attached hydrogens (tertiary/aromatic N) is 2. The minimum absolute atomic E-state index is 0.0445. The van der Waals surface area contributed by atoms with Crippen molar-refractivity contribution < 1.29 is 13.9 Å². The molecule has 1 aromatic heterocycles. The summed E-state index contributed by atoms with van der Waals surface area (Å²) >= 11 is 6.53. The molecule has 8 heteroatoms. The number of carbonyl (C=O) groups excluding carboxylic acids is 1. The maximum atomic E-state index is 13.2. The molecule has 0 fully saturated rings. The topological polar surface area (TPSA) is 64.1 Å². The normalized spacial score (nSPS) is 10.2. The number of carbonyl (C=O) groups is 1. The predicted molar refractivity (Wildman–Crippen MR) is 65.8 cm³/mol. The van der Waals surface area contributed by atoms with Gasteiger partial charge in [0.2, 0.25) is 9.47 Å². The van der Waals surface area contributed by atoms with Crippen LogP contribution in [-0.2, 0) is 0 Å². The Morgan fingerprint density at radius 3 is 2.89 bits per heavy atom. The summed E-state index contributed by atoms with van der Waals surface area (Å²) in [6, 6.07) is 3.98. The van der Waals surface area contributed by atoms with Crippen LogP contribution in [0.5, 0.6) is 5.75 Å². The Balaban J connectivity index is 2.16. The second-order valence-electron chi connectivity index (χ2n) is 3.16. The summed E-state index contributed by atoms with van der Waals surface area (Å²) in [5.41, 5.74) is 0.393. The third-order valence-corrected chi connectivity index (χ3v) is 3.02. The van der Waals surface area contributed by atoms with Crippen LogP contribution in [0.2, 0.25) is 4.47 Å². The Hall–Kier alpha value is -1.73. The van der Waals surface area contributed by atoms with Crippen LogP contribution >= 0.6 is 22.9 Å². The summed E-state index contributed by atoms with van der Waals surface area (Å²) in [7, 11) is 1.34. The molecule has 2 aromatic rings. The molecule has 1 aromatic carbocycles. The molecule has 0 saturated heterocycles. The summed E-state index contributed by atoms with van der Waals surface area (Å²) in [6.45, 7) is 0. The molecule has 0 unspecified atom stereocenters. The van der Waals surface area contributed by atoms with E-state index in [0.29, 0.717) is 5.69 Å². The molecule has 0 spiro atoms. The lowest BCUT2D eigenvalue weighted by atomic mass is 10.3. The van der Waals surface area contributed by atoms with E-state index >= 15 is 0 Å². The van der Waals surface area contributed by atoms with E-state index in [1.165, 1.54) is 25.3 Å².